The van der Waals surface area contributed by atoms with Gasteiger partial charge in [0.05, 0.1) is 11.7 Å². The topological polar surface area (TPSA) is 40.5 Å². The highest BCUT2D eigenvalue weighted by atomic mass is 16.3. The Kier molecular flexibility index (Phi) is 2.17. The lowest BCUT2D eigenvalue weighted by molar-refractivity contribution is -0.0314. The summed E-state index contributed by atoms with van der Waals surface area (Å²) in [5.74, 6) is 1.48. The van der Waals surface area contributed by atoms with E-state index in [1.807, 2.05) is 6.92 Å². The minimum atomic E-state index is -0.512. The van der Waals surface area contributed by atoms with E-state index in [4.69, 9.17) is 0 Å². The lowest BCUT2D eigenvalue weighted by atomic mass is 9.72. The van der Waals surface area contributed by atoms with Crippen LogP contribution in [0.5, 0.6) is 0 Å². The number of fused-ring (bicyclic) bond motifs is 3. The zero-order valence-corrected chi connectivity index (χ0v) is 11.5. The van der Waals surface area contributed by atoms with E-state index >= 15 is 0 Å². The Balaban J connectivity index is 2.00. The summed E-state index contributed by atoms with van der Waals surface area (Å²) < 4.78 is 0. The highest BCUT2D eigenvalue weighted by Crippen LogP contribution is 2.70. The molecule has 2 N–H and O–H groups in total. The number of hydrogen-bond acceptors (Lipinski definition) is 2. The van der Waals surface area contributed by atoms with Crippen molar-refractivity contribution in [3.05, 3.63) is 0 Å². The van der Waals surface area contributed by atoms with Crippen molar-refractivity contribution >= 4 is 0 Å². The highest BCUT2D eigenvalue weighted by molar-refractivity contribution is 5.16. The Hall–Kier alpha value is -0.0800. The molecule has 6 atom stereocenters. The summed E-state index contributed by atoms with van der Waals surface area (Å²) in [7, 11) is 0. The fourth-order valence-electron chi connectivity index (χ4n) is 4.96. The Morgan fingerprint density at radius 2 is 1.59 bits per heavy atom. The summed E-state index contributed by atoms with van der Waals surface area (Å²) in [6.07, 6.45) is 4.03. The summed E-state index contributed by atoms with van der Waals surface area (Å²) in [5, 5.41) is 21.1. The van der Waals surface area contributed by atoms with E-state index in [9.17, 15) is 10.2 Å². The summed E-state index contributed by atoms with van der Waals surface area (Å²) in [6, 6.07) is 0. The molecule has 3 saturated carbocycles. The van der Waals surface area contributed by atoms with Crippen LogP contribution < -0.4 is 0 Å². The summed E-state index contributed by atoms with van der Waals surface area (Å²) in [6.45, 7) is 8.69. The molecule has 3 rings (SSSR count). The monoisotopic (exact) mass is 238 g/mol. The molecule has 0 aromatic heterocycles. The van der Waals surface area contributed by atoms with Gasteiger partial charge in [0.2, 0.25) is 0 Å². The number of rotatable bonds is 0. The molecular weight excluding hydrogens is 212 g/mol. The van der Waals surface area contributed by atoms with Gasteiger partial charge in [-0.2, -0.15) is 0 Å². The predicted octanol–water partition coefficient (Wildman–Crippen LogP) is 2.58. The largest absolute Gasteiger partial charge is 0.392 e. The van der Waals surface area contributed by atoms with Gasteiger partial charge in [-0.15, -0.1) is 0 Å². The summed E-state index contributed by atoms with van der Waals surface area (Å²) >= 11 is 0. The molecule has 0 spiro atoms. The van der Waals surface area contributed by atoms with E-state index in [0.717, 1.165) is 25.7 Å². The second-order valence-electron chi connectivity index (χ2n) is 8.06. The van der Waals surface area contributed by atoms with Gasteiger partial charge in [0.1, 0.15) is 0 Å². The Bertz CT molecular complexity index is 347. The van der Waals surface area contributed by atoms with Crippen molar-refractivity contribution in [1.29, 1.82) is 0 Å². The van der Waals surface area contributed by atoms with Crippen LogP contribution >= 0.6 is 0 Å². The predicted molar refractivity (Wildman–Crippen MR) is 67.5 cm³/mol. The van der Waals surface area contributed by atoms with Crippen LogP contribution in [0.2, 0.25) is 0 Å². The van der Waals surface area contributed by atoms with E-state index < -0.39 is 5.60 Å². The second-order valence-corrected chi connectivity index (χ2v) is 8.06. The van der Waals surface area contributed by atoms with Crippen molar-refractivity contribution in [3.63, 3.8) is 0 Å². The van der Waals surface area contributed by atoms with Gasteiger partial charge in [-0.1, -0.05) is 20.8 Å². The van der Waals surface area contributed by atoms with Gasteiger partial charge >= 0.3 is 0 Å². The molecule has 0 radical (unpaired) electrons. The molecule has 2 nitrogen and oxygen atoms in total. The van der Waals surface area contributed by atoms with Crippen LogP contribution in [0.15, 0.2) is 0 Å². The van der Waals surface area contributed by atoms with Crippen molar-refractivity contribution in [3.8, 4) is 0 Å². The zero-order chi connectivity index (χ0) is 12.6. The number of aliphatic hydroxyl groups excluding tert-OH is 1. The fourth-order valence-corrected chi connectivity index (χ4v) is 4.96. The van der Waals surface area contributed by atoms with E-state index in [1.165, 1.54) is 0 Å². The molecule has 0 aromatic carbocycles. The lowest BCUT2D eigenvalue weighted by Gasteiger charge is -2.37. The zero-order valence-electron chi connectivity index (χ0n) is 11.5. The fraction of sp³-hybridized carbons (Fsp3) is 1.00. The van der Waals surface area contributed by atoms with Gasteiger partial charge in [-0.05, 0) is 61.2 Å². The Morgan fingerprint density at radius 1 is 0.941 bits per heavy atom. The van der Waals surface area contributed by atoms with Crippen LogP contribution in [-0.4, -0.2) is 21.9 Å². The van der Waals surface area contributed by atoms with Crippen molar-refractivity contribution < 1.29 is 10.2 Å². The summed E-state index contributed by atoms with van der Waals surface area (Å²) in [5.41, 5.74) is -0.253. The molecule has 3 fully saturated rings. The van der Waals surface area contributed by atoms with E-state index in [0.29, 0.717) is 23.2 Å². The van der Waals surface area contributed by atoms with Gasteiger partial charge in [-0.3, -0.25) is 0 Å². The maximum absolute atomic E-state index is 10.6. The van der Waals surface area contributed by atoms with Crippen LogP contribution in [0, 0.1) is 28.6 Å². The molecule has 0 saturated heterocycles. The molecule has 2 heteroatoms. The SMILES string of the molecule is CC1(C)C[C@H]2[C@@H](CC[C@@]2(C)O)[C@]2(C)C[C@@H]2[C@H]1O. The van der Waals surface area contributed by atoms with Crippen LogP contribution in [0.3, 0.4) is 0 Å². The molecule has 0 unspecified atom stereocenters. The molecule has 0 aromatic rings. The number of hydrogen-bond donors (Lipinski definition) is 2. The first kappa shape index (κ1) is 12.0. The normalized spacial score (nSPS) is 60.4. The van der Waals surface area contributed by atoms with Gasteiger partial charge in [-0.25, -0.2) is 0 Å². The Morgan fingerprint density at radius 3 is 2.24 bits per heavy atom. The van der Waals surface area contributed by atoms with Crippen LogP contribution in [0.4, 0.5) is 0 Å². The molecule has 0 amide bonds. The quantitative estimate of drug-likeness (QED) is 0.681. The standard InChI is InChI=1S/C15H26O2/c1-13(2)7-10-9(5-6-15(10,4)17)14(3)8-11(14)12(13)16/h9-12,16-17H,5-8H2,1-4H3/t9-,10+,11-,12-,14+,15-/m1/s1. The Labute approximate surface area is 104 Å². The molecular formula is C15H26O2. The first-order chi connectivity index (χ1) is 7.68. The minimum absolute atomic E-state index is 0.0455. The first-order valence-corrected chi connectivity index (χ1v) is 7.09. The van der Waals surface area contributed by atoms with Gasteiger partial charge in [0.15, 0.2) is 0 Å². The van der Waals surface area contributed by atoms with E-state index in [-0.39, 0.29) is 11.5 Å². The lowest BCUT2D eigenvalue weighted by Crippen LogP contribution is -2.38. The first-order valence-electron chi connectivity index (χ1n) is 7.09. The molecule has 3 aliphatic carbocycles. The van der Waals surface area contributed by atoms with Crippen molar-refractivity contribution in [2.45, 2.75) is 65.1 Å². The van der Waals surface area contributed by atoms with E-state index in [2.05, 4.69) is 20.8 Å². The van der Waals surface area contributed by atoms with Gasteiger partial charge in [0, 0.05) is 0 Å². The van der Waals surface area contributed by atoms with Crippen LogP contribution in [0.25, 0.3) is 0 Å². The van der Waals surface area contributed by atoms with Crippen molar-refractivity contribution in [1.82, 2.24) is 0 Å². The van der Waals surface area contributed by atoms with Crippen molar-refractivity contribution in [2.75, 3.05) is 0 Å². The smallest absolute Gasteiger partial charge is 0.0651 e. The molecule has 0 aliphatic heterocycles. The molecule has 0 bridgehead atoms. The molecule has 3 aliphatic rings. The molecule has 17 heavy (non-hydrogen) atoms. The number of aliphatic hydroxyl groups is 2. The summed E-state index contributed by atoms with van der Waals surface area (Å²) in [4.78, 5) is 0. The van der Waals surface area contributed by atoms with Crippen LogP contribution in [0.1, 0.15) is 53.4 Å². The maximum atomic E-state index is 10.6. The minimum Gasteiger partial charge on any atom is -0.392 e. The third-order valence-corrected chi connectivity index (χ3v) is 6.37. The molecule has 0 heterocycles. The average molecular weight is 238 g/mol. The average Bonchev–Trinajstić information content (AvgIpc) is 2.79. The third kappa shape index (κ3) is 1.46. The highest BCUT2D eigenvalue weighted by Gasteiger charge is 2.67. The van der Waals surface area contributed by atoms with Gasteiger partial charge in [0.25, 0.3) is 0 Å². The molecule has 98 valence electrons. The van der Waals surface area contributed by atoms with Crippen molar-refractivity contribution in [2.24, 2.45) is 28.6 Å². The van der Waals surface area contributed by atoms with E-state index in [1.54, 1.807) is 0 Å². The van der Waals surface area contributed by atoms with Crippen LogP contribution in [-0.2, 0) is 0 Å². The van der Waals surface area contributed by atoms with Gasteiger partial charge < -0.3 is 10.2 Å². The second kappa shape index (κ2) is 3.08. The third-order valence-electron chi connectivity index (χ3n) is 6.37. The maximum Gasteiger partial charge on any atom is 0.0651 e.